The number of carbonyl (C=O) groups excluding carboxylic acids is 1. The number of rotatable bonds is 5. The van der Waals surface area contributed by atoms with Crippen LogP contribution < -0.4 is 10.1 Å². The fraction of sp³-hybridized carbons (Fsp3) is 0.294. The number of hydrogen-bond donors (Lipinski definition) is 1. The van der Waals surface area contributed by atoms with E-state index < -0.39 is 5.82 Å². The number of para-hydroxylation sites is 1. The second kappa shape index (κ2) is 7.49. The van der Waals surface area contributed by atoms with E-state index in [4.69, 9.17) is 16.3 Å². The smallest absolute Gasteiger partial charge is 0.260 e. The van der Waals surface area contributed by atoms with Crippen molar-refractivity contribution in [3.63, 3.8) is 0 Å². The lowest BCUT2D eigenvalue weighted by Gasteiger charge is -2.18. The molecule has 126 valence electrons. The normalized spacial score (nSPS) is 16.9. The number of likely N-dealkylation sites (tertiary alicyclic amines) is 1. The number of ether oxygens (including phenoxy) is 1. The minimum atomic E-state index is -0.500. The molecule has 1 amide bonds. The minimum Gasteiger partial charge on any atom is -0.484 e. The van der Waals surface area contributed by atoms with Crippen LogP contribution in [0.1, 0.15) is 6.42 Å². The average molecular weight is 350 g/mol. The number of hydrogen-bond acceptors (Lipinski definition) is 4. The van der Waals surface area contributed by atoms with Crippen molar-refractivity contribution < 1.29 is 13.9 Å². The number of pyridine rings is 1. The lowest BCUT2D eigenvalue weighted by molar-refractivity contribution is -0.132. The van der Waals surface area contributed by atoms with Gasteiger partial charge in [0, 0.05) is 25.3 Å². The third-order valence-corrected chi connectivity index (χ3v) is 4.13. The van der Waals surface area contributed by atoms with Gasteiger partial charge in [-0.15, -0.1) is 0 Å². The molecule has 1 N–H and O–H groups in total. The van der Waals surface area contributed by atoms with Crippen LogP contribution in [0.25, 0.3) is 0 Å². The molecule has 1 saturated heterocycles. The Morgan fingerprint density at radius 3 is 2.92 bits per heavy atom. The van der Waals surface area contributed by atoms with Crippen molar-refractivity contribution in [2.45, 2.75) is 12.5 Å². The van der Waals surface area contributed by atoms with Crippen LogP contribution in [-0.4, -0.2) is 41.5 Å². The first-order valence-corrected chi connectivity index (χ1v) is 8.02. The summed E-state index contributed by atoms with van der Waals surface area (Å²) in [6.45, 7) is 1.06. The highest BCUT2D eigenvalue weighted by atomic mass is 35.5. The van der Waals surface area contributed by atoms with Crippen LogP contribution in [0.2, 0.25) is 5.02 Å². The van der Waals surface area contributed by atoms with Gasteiger partial charge in [-0.1, -0.05) is 29.8 Å². The van der Waals surface area contributed by atoms with Crippen molar-refractivity contribution in [1.29, 1.82) is 0 Å². The summed E-state index contributed by atoms with van der Waals surface area (Å²) in [4.78, 5) is 17.6. The standard InChI is InChI=1S/C17H17ClFN3O2/c18-14-8-20-9-15(19)17(14)21-12-6-7-22(10-12)16(23)11-24-13-4-2-1-3-5-13/h1-5,8-9,12H,6-7,10-11H2,(H,20,21). The van der Waals surface area contributed by atoms with Gasteiger partial charge in [-0.2, -0.15) is 0 Å². The van der Waals surface area contributed by atoms with Crippen molar-refractivity contribution in [3.8, 4) is 5.75 Å². The molecule has 7 heteroatoms. The highest BCUT2D eigenvalue weighted by Gasteiger charge is 2.27. The number of nitrogens with one attached hydrogen (secondary N) is 1. The molecular formula is C17H17ClFN3O2. The molecule has 0 aliphatic carbocycles. The number of aromatic nitrogens is 1. The highest BCUT2D eigenvalue weighted by Crippen LogP contribution is 2.26. The van der Waals surface area contributed by atoms with E-state index in [9.17, 15) is 9.18 Å². The van der Waals surface area contributed by atoms with Crippen molar-refractivity contribution in [1.82, 2.24) is 9.88 Å². The number of nitrogens with zero attached hydrogens (tertiary/aromatic N) is 2. The largest absolute Gasteiger partial charge is 0.484 e. The van der Waals surface area contributed by atoms with Crippen molar-refractivity contribution in [3.05, 3.63) is 53.6 Å². The van der Waals surface area contributed by atoms with Gasteiger partial charge in [-0.25, -0.2) is 4.39 Å². The number of halogens is 2. The van der Waals surface area contributed by atoms with Gasteiger partial charge in [0.05, 0.1) is 16.9 Å². The van der Waals surface area contributed by atoms with Gasteiger partial charge in [-0.3, -0.25) is 9.78 Å². The summed E-state index contributed by atoms with van der Waals surface area (Å²) in [7, 11) is 0. The first kappa shape index (κ1) is 16.5. The Labute approximate surface area is 144 Å². The van der Waals surface area contributed by atoms with E-state index in [-0.39, 0.29) is 29.3 Å². The van der Waals surface area contributed by atoms with Crippen LogP contribution in [0.5, 0.6) is 5.75 Å². The van der Waals surface area contributed by atoms with Gasteiger partial charge in [0.2, 0.25) is 0 Å². The topological polar surface area (TPSA) is 54.5 Å². The average Bonchev–Trinajstić information content (AvgIpc) is 3.06. The summed E-state index contributed by atoms with van der Waals surface area (Å²) in [6.07, 6.45) is 3.22. The zero-order valence-electron chi connectivity index (χ0n) is 12.9. The molecule has 24 heavy (non-hydrogen) atoms. The summed E-state index contributed by atoms with van der Waals surface area (Å²) >= 11 is 5.96. The summed E-state index contributed by atoms with van der Waals surface area (Å²) in [6, 6.07) is 9.13. The lowest BCUT2D eigenvalue weighted by atomic mass is 10.2. The van der Waals surface area contributed by atoms with Gasteiger partial charge >= 0.3 is 0 Å². The fourth-order valence-electron chi connectivity index (χ4n) is 2.61. The molecular weight excluding hydrogens is 333 g/mol. The first-order chi connectivity index (χ1) is 11.6. The Bertz CT molecular complexity index is 694. The second-order valence-corrected chi connectivity index (χ2v) is 5.96. The molecule has 3 rings (SSSR count). The highest BCUT2D eigenvalue weighted by molar-refractivity contribution is 6.33. The van der Waals surface area contributed by atoms with Gasteiger partial charge in [-0.05, 0) is 18.6 Å². The summed E-state index contributed by atoms with van der Waals surface area (Å²) < 4.78 is 19.2. The van der Waals surface area contributed by atoms with Crippen molar-refractivity contribution in [2.24, 2.45) is 0 Å². The SMILES string of the molecule is O=C(COc1ccccc1)N1CCC(Nc2c(F)cncc2Cl)C1. The van der Waals surface area contributed by atoms with E-state index in [2.05, 4.69) is 10.3 Å². The number of amides is 1. The molecule has 0 saturated carbocycles. The van der Waals surface area contributed by atoms with E-state index in [0.717, 1.165) is 12.6 Å². The van der Waals surface area contributed by atoms with Gasteiger partial charge < -0.3 is 15.0 Å². The Balaban J connectivity index is 1.52. The van der Waals surface area contributed by atoms with Crippen LogP contribution >= 0.6 is 11.6 Å². The minimum absolute atomic E-state index is 0.0128. The molecule has 0 spiro atoms. The molecule has 1 aromatic carbocycles. The maximum atomic E-state index is 13.8. The summed E-state index contributed by atoms with van der Waals surface area (Å²) in [5.74, 6) is 0.0644. The summed E-state index contributed by atoms with van der Waals surface area (Å²) in [5, 5.41) is 3.28. The maximum absolute atomic E-state index is 13.8. The van der Waals surface area contributed by atoms with Gasteiger partial charge in [0.25, 0.3) is 5.91 Å². The van der Waals surface area contributed by atoms with Crippen LogP contribution in [0.15, 0.2) is 42.7 Å². The van der Waals surface area contributed by atoms with Crippen LogP contribution in [0.3, 0.4) is 0 Å². The monoisotopic (exact) mass is 349 g/mol. The number of anilines is 1. The van der Waals surface area contributed by atoms with E-state index in [1.54, 1.807) is 17.0 Å². The maximum Gasteiger partial charge on any atom is 0.260 e. The van der Waals surface area contributed by atoms with E-state index in [1.807, 2.05) is 18.2 Å². The van der Waals surface area contributed by atoms with Gasteiger partial charge in [0.15, 0.2) is 12.4 Å². The zero-order chi connectivity index (χ0) is 16.9. The molecule has 1 fully saturated rings. The Kier molecular flexibility index (Phi) is 5.15. The Hall–Kier alpha value is -2.34. The lowest BCUT2D eigenvalue weighted by Crippen LogP contribution is -2.35. The molecule has 1 unspecified atom stereocenters. The van der Waals surface area contributed by atoms with Crippen molar-refractivity contribution in [2.75, 3.05) is 25.0 Å². The molecule has 1 aliphatic heterocycles. The van der Waals surface area contributed by atoms with Gasteiger partial charge in [0.1, 0.15) is 5.75 Å². The van der Waals surface area contributed by atoms with E-state index in [0.29, 0.717) is 18.8 Å². The first-order valence-electron chi connectivity index (χ1n) is 7.64. The Morgan fingerprint density at radius 2 is 2.17 bits per heavy atom. The third kappa shape index (κ3) is 3.94. The quantitative estimate of drug-likeness (QED) is 0.901. The number of carbonyl (C=O) groups is 1. The van der Waals surface area contributed by atoms with Crippen LogP contribution in [-0.2, 0) is 4.79 Å². The number of benzene rings is 1. The fourth-order valence-corrected chi connectivity index (χ4v) is 2.81. The molecule has 2 heterocycles. The second-order valence-electron chi connectivity index (χ2n) is 5.55. The molecule has 1 aromatic heterocycles. The predicted octanol–water partition coefficient (Wildman–Crippen LogP) is 2.97. The van der Waals surface area contributed by atoms with Crippen molar-refractivity contribution >= 4 is 23.2 Å². The molecule has 0 bridgehead atoms. The van der Waals surface area contributed by atoms with Crippen LogP contribution in [0.4, 0.5) is 10.1 Å². The van der Waals surface area contributed by atoms with E-state index >= 15 is 0 Å². The molecule has 5 nitrogen and oxygen atoms in total. The van der Waals surface area contributed by atoms with E-state index in [1.165, 1.54) is 6.20 Å². The Morgan fingerprint density at radius 1 is 1.38 bits per heavy atom. The predicted molar refractivity (Wildman–Crippen MR) is 89.7 cm³/mol. The van der Waals surface area contributed by atoms with Crippen LogP contribution in [0, 0.1) is 5.82 Å². The summed E-state index contributed by atoms with van der Waals surface area (Å²) in [5.41, 5.74) is 0.228. The third-order valence-electron chi connectivity index (χ3n) is 3.85. The molecule has 0 radical (unpaired) electrons. The molecule has 1 aliphatic rings. The molecule has 1 atom stereocenters. The molecule has 2 aromatic rings. The zero-order valence-corrected chi connectivity index (χ0v) is 13.7.